The Labute approximate surface area is 159 Å². The molecule has 0 radical (unpaired) electrons. The second-order valence-corrected chi connectivity index (χ2v) is 5.42. The zero-order chi connectivity index (χ0) is 20.7. The van der Waals surface area contributed by atoms with Crippen molar-refractivity contribution in [1.29, 1.82) is 0 Å². The summed E-state index contributed by atoms with van der Waals surface area (Å²) in [5.41, 5.74) is 0.348. The number of rotatable bonds is 6. The van der Waals surface area contributed by atoms with Crippen molar-refractivity contribution in [1.82, 2.24) is 0 Å². The first-order valence-corrected chi connectivity index (χ1v) is 7.90. The highest BCUT2D eigenvalue weighted by atomic mass is 16.6. The van der Waals surface area contributed by atoms with E-state index in [0.717, 1.165) is 6.08 Å². The fourth-order valence-corrected chi connectivity index (χ4v) is 2.32. The summed E-state index contributed by atoms with van der Waals surface area (Å²) in [7, 11) is 2.36. The van der Waals surface area contributed by atoms with Crippen LogP contribution in [0.15, 0.2) is 48.5 Å². The summed E-state index contributed by atoms with van der Waals surface area (Å²) in [6.07, 6.45) is 2.39. The van der Waals surface area contributed by atoms with Crippen molar-refractivity contribution in [3.63, 3.8) is 0 Å². The molecule has 2 rings (SSSR count). The Kier molecular flexibility index (Phi) is 6.58. The van der Waals surface area contributed by atoms with E-state index in [-0.39, 0.29) is 28.1 Å². The van der Waals surface area contributed by atoms with Crippen LogP contribution in [0.3, 0.4) is 0 Å². The van der Waals surface area contributed by atoms with Crippen LogP contribution < -0.4 is 5.32 Å². The van der Waals surface area contributed by atoms with E-state index in [4.69, 9.17) is 0 Å². The van der Waals surface area contributed by atoms with Gasteiger partial charge < -0.3 is 14.8 Å². The molecule has 1 amide bonds. The summed E-state index contributed by atoms with van der Waals surface area (Å²) in [5, 5.41) is 13.5. The van der Waals surface area contributed by atoms with Gasteiger partial charge in [0.25, 0.3) is 5.69 Å². The summed E-state index contributed by atoms with van der Waals surface area (Å²) >= 11 is 0. The average Bonchev–Trinajstić information content (AvgIpc) is 2.70. The summed E-state index contributed by atoms with van der Waals surface area (Å²) in [4.78, 5) is 46.1. The molecule has 9 heteroatoms. The van der Waals surface area contributed by atoms with Gasteiger partial charge in [0.2, 0.25) is 5.91 Å². The number of carbonyl (C=O) groups excluding carboxylic acids is 3. The molecule has 1 N–H and O–H groups in total. The number of nitrogens with zero attached hydrogens (tertiary/aromatic N) is 1. The standard InChI is InChI=1S/C19H16N2O7/c1-27-18(23)13-9-14(19(24)28-2)11-15(10-13)20-17(22)8-7-12-5-3-4-6-16(12)21(25)26/h3-11H,1-2H3,(H,20,22). The number of nitro groups is 1. The largest absolute Gasteiger partial charge is 0.465 e. The number of ether oxygens (including phenoxy) is 2. The number of benzene rings is 2. The van der Waals surface area contributed by atoms with E-state index in [1.54, 1.807) is 6.07 Å². The summed E-state index contributed by atoms with van der Waals surface area (Å²) < 4.78 is 9.25. The molecule has 0 heterocycles. The molecule has 0 aliphatic heterocycles. The number of esters is 2. The molecule has 9 nitrogen and oxygen atoms in total. The molecule has 0 bridgehead atoms. The van der Waals surface area contributed by atoms with E-state index < -0.39 is 22.8 Å². The van der Waals surface area contributed by atoms with Crippen molar-refractivity contribution in [3.8, 4) is 0 Å². The van der Waals surface area contributed by atoms with E-state index in [1.165, 1.54) is 56.7 Å². The fourth-order valence-electron chi connectivity index (χ4n) is 2.32. The average molecular weight is 384 g/mol. The minimum atomic E-state index is -0.697. The van der Waals surface area contributed by atoms with Crippen molar-refractivity contribution >= 4 is 35.3 Å². The first kappa shape index (κ1) is 20.3. The van der Waals surface area contributed by atoms with Gasteiger partial charge in [-0.3, -0.25) is 14.9 Å². The van der Waals surface area contributed by atoms with Crippen molar-refractivity contribution in [3.05, 3.63) is 75.3 Å². The predicted molar refractivity (Wildman–Crippen MR) is 99.9 cm³/mol. The minimum absolute atomic E-state index is 0.0448. The van der Waals surface area contributed by atoms with Crippen molar-refractivity contribution in [2.75, 3.05) is 19.5 Å². The molecule has 2 aromatic rings. The Hall–Kier alpha value is -4.01. The quantitative estimate of drug-likeness (QED) is 0.351. The lowest BCUT2D eigenvalue weighted by Crippen LogP contribution is -2.12. The van der Waals surface area contributed by atoms with E-state index in [9.17, 15) is 24.5 Å². The minimum Gasteiger partial charge on any atom is -0.465 e. The second kappa shape index (κ2) is 9.08. The topological polar surface area (TPSA) is 125 Å². The highest BCUT2D eigenvalue weighted by Gasteiger charge is 2.15. The summed E-state index contributed by atoms with van der Waals surface area (Å²) in [5.74, 6) is -2.01. The van der Waals surface area contributed by atoms with Crippen molar-refractivity contribution in [2.45, 2.75) is 0 Å². The normalized spacial score (nSPS) is 10.4. The number of hydrogen-bond acceptors (Lipinski definition) is 7. The maximum Gasteiger partial charge on any atom is 0.337 e. The molecule has 0 saturated carbocycles. The molecule has 0 aliphatic carbocycles. The van der Waals surface area contributed by atoms with E-state index >= 15 is 0 Å². The first-order chi connectivity index (χ1) is 13.3. The molecule has 0 unspecified atom stereocenters. The number of anilines is 1. The lowest BCUT2D eigenvalue weighted by molar-refractivity contribution is -0.385. The van der Waals surface area contributed by atoms with Crippen LogP contribution in [0, 0.1) is 10.1 Å². The maximum atomic E-state index is 12.2. The fraction of sp³-hybridized carbons (Fsp3) is 0.105. The predicted octanol–water partition coefficient (Wildman–Crippen LogP) is 2.82. The molecule has 0 spiro atoms. The molecule has 0 fully saturated rings. The highest BCUT2D eigenvalue weighted by molar-refractivity contribution is 6.04. The third kappa shape index (κ3) is 5.01. The first-order valence-electron chi connectivity index (χ1n) is 7.90. The number of methoxy groups -OCH3 is 2. The van der Waals surface area contributed by atoms with Gasteiger partial charge in [0, 0.05) is 17.8 Å². The zero-order valence-corrected chi connectivity index (χ0v) is 15.0. The molecule has 0 aromatic heterocycles. The van der Waals surface area contributed by atoms with Gasteiger partial charge in [-0.15, -0.1) is 0 Å². The van der Waals surface area contributed by atoms with Crippen LogP contribution in [-0.2, 0) is 14.3 Å². The van der Waals surface area contributed by atoms with Gasteiger partial charge in [0.1, 0.15) is 0 Å². The molecule has 2 aromatic carbocycles. The van der Waals surface area contributed by atoms with Crippen LogP contribution >= 0.6 is 0 Å². The van der Waals surface area contributed by atoms with Crippen LogP contribution in [0.1, 0.15) is 26.3 Å². The lowest BCUT2D eigenvalue weighted by atomic mass is 10.1. The molecule has 0 saturated heterocycles. The number of para-hydroxylation sites is 1. The van der Waals surface area contributed by atoms with Gasteiger partial charge in [-0.05, 0) is 30.3 Å². The molecule has 144 valence electrons. The number of nitro benzene ring substituents is 1. The second-order valence-electron chi connectivity index (χ2n) is 5.42. The van der Waals surface area contributed by atoms with Crippen LogP contribution in [0.4, 0.5) is 11.4 Å². The monoisotopic (exact) mass is 384 g/mol. The molecule has 28 heavy (non-hydrogen) atoms. The Morgan fingerprint density at radius 3 is 2.11 bits per heavy atom. The van der Waals surface area contributed by atoms with Gasteiger partial charge in [0.05, 0.1) is 35.8 Å². The van der Waals surface area contributed by atoms with Crippen LogP contribution in [0.5, 0.6) is 0 Å². The van der Waals surface area contributed by atoms with Crippen LogP contribution in [-0.4, -0.2) is 37.0 Å². The Morgan fingerprint density at radius 2 is 1.57 bits per heavy atom. The van der Waals surface area contributed by atoms with E-state index in [0.29, 0.717) is 0 Å². The Morgan fingerprint density at radius 1 is 1.00 bits per heavy atom. The zero-order valence-electron chi connectivity index (χ0n) is 15.0. The van der Waals surface area contributed by atoms with Crippen LogP contribution in [0.2, 0.25) is 0 Å². The summed E-state index contributed by atoms with van der Waals surface area (Å²) in [6, 6.07) is 9.87. The Balaban J connectivity index is 2.27. The highest BCUT2D eigenvalue weighted by Crippen LogP contribution is 2.20. The smallest absolute Gasteiger partial charge is 0.337 e. The van der Waals surface area contributed by atoms with Crippen molar-refractivity contribution in [2.24, 2.45) is 0 Å². The van der Waals surface area contributed by atoms with E-state index in [1.807, 2.05) is 0 Å². The maximum absolute atomic E-state index is 12.2. The van der Waals surface area contributed by atoms with Crippen LogP contribution in [0.25, 0.3) is 6.08 Å². The third-order valence-electron chi connectivity index (χ3n) is 3.59. The molecule has 0 atom stereocenters. The van der Waals surface area contributed by atoms with E-state index in [2.05, 4.69) is 14.8 Å². The number of amides is 1. The lowest BCUT2D eigenvalue weighted by Gasteiger charge is -2.08. The number of carbonyl (C=O) groups is 3. The van der Waals surface area contributed by atoms with Gasteiger partial charge in [0.15, 0.2) is 0 Å². The summed E-state index contributed by atoms with van der Waals surface area (Å²) in [6.45, 7) is 0. The number of hydrogen-bond donors (Lipinski definition) is 1. The van der Waals surface area contributed by atoms with Gasteiger partial charge in [-0.1, -0.05) is 12.1 Å². The van der Waals surface area contributed by atoms with Crippen molar-refractivity contribution < 1.29 is 28.8 Å². The molecular weight excluding hydrogens is 368 g/mol. The van der Waals surface area contributed by atoms with Gasteiger partial charge in [-0.2, -0.15) is 0 Å². The SMILES string of the molecule is COC(=O)c1cc(NC(=O)C=Cc2ccccc2[N+](=O)[O-])cc(C(=O)OC)c1. The number of nitrogens with one attached hydrogen (secondary N) is 1. The Bertz CT molecular complexity index is 932. The molecular formula is C19H16N2O7. The van der Waals surface area contributed by atoms with Gasteiger partial charge >= 0.3 is 11.9 Å². The van der Waals surface area contributed by atoms with Gasteiger partial charge in [-0.25, -0.2) is 9.59 Å². The third-order valence-corrected chi connectivity index (χ3v) is 3.59. The molecule has 0 aliphatic rings.